The summed E-state index contributed by atoms with van der Waals surface area (Å²) in [5.74, 6) is 0.872. The first-order chi connectivity index (χ1) is 10.3. The zero-order chi connectivity index (χ0) is 14.9. The first-order valence-corrected chi connectivity index (χ1v) is 7.77. The minimum Gasteiger partial charge on any atom is -0.378 e. The average Bonchev–Trinajstić information content (AvgIpc) is 2.54. The van der Waals surface area contributed by atoms with Crippen LogP contribution in [0.5, 0.6) is 0 Å². The summed E-state index contributed by atoms with van der Waals surface area (Å²) in [6.07, 6.45) is 0. The Morgan fingerprint density at radius 3 is 2.29 bits per heavy atom. The van der Waals surface area contributed by atoms with Crippen molar-refractivity contribution in [2.75, 3.05) is 44.3 Å². The predicted octanol–water partition coefficient (Wildman–Crippen LogP) is 1.60. The Hall–Kier alpha value is -1.75. The number of aliphatic imine (C=N–C) groups is 1. The summed E-state index contributed by atoms with van der Waals surface area (Å²) in [5, 5.41) is 6.47. The molecule has 5 heteroatoms. The van der Waals surface area contributed by atoms with E-state index in [1.54, 1.807) is 0 Å². The van der Waals surface area contributed by atoms with Crippen molar-refractivity contribution in [1.29, 1.82) is 0 Å². The van der Waals surface area contributed by atoms with Crippen LogP contribution in [0.3, 0.4) is 0 Å². The highest BCUT2D eigenvalue weighted by atomic mass is 16.5. The third kappa shape index (κ3) is 4.93. The van der Waals surface area contributed by atoms with Gasteiger partial charge in [-0.25, -0.2) is 4.99 Å². The molecule has 116 valence electrons. The van der Waals surface area contributed by atoms with E-state index in [1.165, 1.54) is 11.3 Å². The zero-order valence-electron chi connectivity index (χ0n) is 13.1. The quantitative estimate of drug-likeness (QED) is 0.639. The van der Waals surface area contributed by atoms with E-state index in [0.29, 0.717) is 6.54 Å². The van der Waals surface area contributed by atoms with Crippen molar-refractivity contribution >= 4 is 11.6 Å². The van der Waals surface area contributed by atoms with Gasteiger partial charge in [0.25, 0.3) is 0 Å². The molecule has 0 amide bonds. The van der Waals surface area contributed by atoms with Gasteiger partial charge in [0.15, 0.2) is 5.96 Å². The Labute approximate surface area is 127 Å². The summed E-state index contributed by atoms with van der Waals surface area (Å²) in [7, 11) is 0. The number of morpholine rings is 1. The molecule has 0 atom stereocenters. The van der Waals surface area contributed by atoms with Gasteiger partial charge in [0.1, 0.15) is 0 Å². The molecular formula is C16H26N4O. The molecule has 1 fully saturated rings. The number of nitrogens with zero attached hydrogens (tertiary/aromatic N) is 2. The number of anilines is 1. The highest BCUT2D eigenvalue weighted by Crippen LogP contribution is 2.16. The molecule has 0 aromatic heterocycles. The SMILES string of the molecule is CCNC(=NCc1ccc(N2CCOCC2)cc1)NCC. The molecule has 5 nitrogen and oxygen atoms in total. The van der Waals surface area contributed by atoms with Crippen molar-refractivity contribution in [3.8, 4) is 0 Å². The van der Waals surface area contributed by atoms with E-state index in [1.807, 2.05) is 0 Å². The van der Waals surface area contributed by atoms with E-state index in [9.17, 15) is 0 Å². The van der Waals surface area contributed by atoms with Gasteiger partial charge in [-0.15, -0.1) is 0 Å². The largest absolute Gasteiger partial charge is 0.378 e. The minimum absolute atomic E-state index is 0.693. The summed E-state index contributed by atoms with van der Waals surface area (Å²) in [5.41, 5.74) is 2.49. The molecule has 2 rings (SSSR count). The van der Waals surface area contributed by atoms with Gasteiger partial charge in [0, 0.05) is 31.9 Å². The minimum atomic E-state index is 0.693. The number of rotatable bonds is 5. The van der Waals surface area contributed by atoms with E-state index >= 15 is 0 Å². The van der Waals surface area contributed by atoms with Crippen LogP contribution in [0, 0.1) is 0 Å². The molecule has 0 aliphatic carbocycles. The fourth-order valence-electron chi connectivity index (χ4n) is 2.31. The van der Waals surface area contributed by atoms with Crippen molar-refractivity contribution in [3.63, 3.8) is 0 Å². The third-order valence-corrected chi connectivity index (χ3v) is 3.42. The van der Waals surface area contributed by atoms with Crippen LogP contribution >= 0.6 is 0 Å². The summed E-state index contributed by atoms with van der Waals surface area (Å²) < 4.78 is 5.38. The topological polar surface area (TPSA) is 48.9 Å². The molecule has 2 N–H and O–H groups in total. The lowest BCUT2D eigenvalue weighted by atomic mass is 10.2. The van der Waals surface area contributed by atoms with Crippen molar-refractivity contribution in [2.45, 2.75) is 20.4 Å². The smallest absolute Gasteiger partial charge is 0.191 e. The van der Waals surface area contributed by atoms with Gasteiger partial charge in [0.05, 0.1) is 19.8 Å². The molecule has 1 aliphatic rings. The molecular weight excluding hydrogens is 264 g/mol. The van der Waals surface area contributed by atoms with Crippen LogP contribution < -0.4 is 15.5 Å². The van der Waals surface area contributed by atoms with Crippen molar-refractivity contribution in [2.24, 2.45) is 4.99 Å². The Balaban J connectivity index is 1.93. The normalized spacial score (nSPS) is 14.7. The first-order valence-electron chi connectivity index (χ1n) is 7.77. The van der Waals surface area contributed by atoms with Crippen molar-refractivity contribution < 1.29 is 4.74 Å². The monoisotopic (exact) mass is 290 g/mol. The first kappa shape index (κ1) is 15.6. The maximum absolute atomic E-state index is 5.38. The maximum Gasteiger partial charge on any atom is 0.191 e. The molecule has 1 aromatic rings. The Kier molecular flexibility index (Phi) is 6.34. The summed E-state index contributed by atoms with van der Waals surface area (Å²) >= 11 is 0. The second-order valence-corrected chi connectivity index (χ2v) is 4.99. The fraction of sp³-hybridized carbons (Fsp3) is 0.562. The van der Waals surface area contributed by atoms with Gasteiger partial charge < -0.3 is 20.3 Å². The van der Waals surface area contributed by atoms with E-state index in [-0.39, 0.29) is 0 Å². The maximum atomic E-state index is 5.38. The van der Waals surface area contributed by atoms with Crippen molar-refractivity contribution in [1.82, 2.24) is 10.6 Å². The molecule has 0 saturated carbocycles. The van der Waals surface area contributed by atoms with E-state index in [4.69, 9.17) is 4.74 Å². The van der Waals surface area contributed by atoms with E-state index < -0.39 is 0 Å². The van der Waals surface area contributed by atoms with Crippen LogP contribution in [0.15, 0.2) is 29.3 Å². The van der Waals surface area contributed by atoms with Gasteiger partial charge in [0.2, 0.25) is 0 Å². The van der Waals surface area contributed by atoms with Gasteiger partial charge in [-0.05, 0) is 31.5 Å². The van der Waals surface area contributed by atoms with Crippen LogP contribution in [-0.4, -0.2) is 45.4 Å². The summed E-state index contributed by atoms with van der Waals surface area (Å²) in [6.45, 7) is 10.2. The highest BCUT2D eigenvalue weighted by Gasteiger charge is 2.10. The Morgan fingerprint density at radius 2 is 1.71 bits per heavy atom. The molecule has 0 spiro atoms. The fourth-order valence-corrected chi connectivity index (χ4v) is 2.31. The van der Waals surface area contributed by atoms with Crippen LogP contribution in [0.1, 0.15) is 19.4 Å². The standard InChI is InChI=1S/C16H26N4O/c1-3-17-16(18-4-2)19-13-14-5-7-15(8-6-14)20-9-11-21-12-10-20/h5-8H,3-4,9-13H2,1-2H3,(H2,17,18,19). The number of nitrogens with one attached hydrogen (secondary N) is 2. The van der Waals surface area contributed by atoms with Crippen LogP contribution in [0.4, 0.5) is 5.69 Å². The number of hydrogen-bond donors (Lipinski definition) is 2. The van der Waals surface area contributed by atoms with Crippen LogP contribution in [0.2, 0.25) is 0 Å². The number of ether oxygens (including phenoxy) is 1. The summed E-state index contributed by atoms with van der Waals surface area (Å²) in [4.78, 5) is 6.94. The number of benzene rings is 1. The third-order valence-electron chi connectivity index (χ3n) is 3.42. The lowest BCUT2D eigenvalue weighted by Crippen LogP contribution is -2.37. The van der Waals surface area contributed by atoms with Gasteiger partial charge in [-0.3, -0.25) is 0 Å². The van der Waals surface area contributed by atoms with Gasteiger partial charge in [-0.1, -0.05) is 12.1 Å². The molecule has 0 unspecified atom stereocenters. The molecule has 1 aliphatic heterocycles. The molecule has 1 heterocycles. The van der Waals surface area contributed by atoms with Gasteiger partial charge in [-0.2, -0.15) is 0 Å². The highest BCUT2D eigenvalue weighted by molar-refractivity contribution is 5.79. The lowest BCUT2D eigenvalue weighted by Gasteiger charge is -2.28. The second kappa shape index (κ2) is 8.52. The second-order valence-electron chi connectivity index (χ2n) is 4.99. The van der Waals surface area contributed by atoms with E-state index in [0.717, 1.165) is 45.4 Å². The molecule has 0 radical (unpaired) electrons. The molecule has 0 bridgehead atoms. The zero-order valence-corrected chi connectivity index (χ0v) is 13.1. The van der Waals surface area contributed by atoms with Gasteiger partial charge >= 0.3 is 0 Å². The predicted molar refractivity (Wildman–Crippen MR) is 88.0 cm³/mol. The number of hydrogen-bond acceptors (Lipinski definition) is 3. The summed E-state index contributed by atoms with van der Waals surface area (Å²) in [6, 6.07) is 8.67. The van der Waals surface area contributed by atoms with Crippen molar-refractivity contribution in [3.05, 3.63) is 29.8 Å². The number of guanidine groups is 1. The average molecular weight is 290 g/mol. The van der Waals surface area contributed by atoms with Crippen LogP contribution in [0.25, 0.3) is 0 Å². The van der Waals surface area contributed by atoms with Crippen LogP contribution in [-0.2, 0) is 11.3 Å². The lowest BCUT2D eigenvalue weighted by molar-refractivity contribution is 0.122. The Bertz CT molecular complexity index is 430. The molecule has 21 heavy (non-hydrogen) atoms. The molecule has 1 saturated heterocycles. The Morgan fingerprint density at radius 1 is 1.10 bits per heavy atom. The molecule has 1 aromatic carbocycles. The van der Waals surface area contributed by atoms with E-state index in [2.05, 4.69) is 58.6 Å².